The van der Waals surface area contributed by atoms with E-state index < -0.39 is 11.9 Å². The number of hydrogen-bond donors (Lipinski definition) is 3. The van der Waals surface area contributed by atoms with Gasteiger partial charge in [-0.05, 0) is 25.5 Å². The first-order valence-electron chi connectivity index (χ1n) is 4.86. The normalized spacial score (nSPS) is 12.2. The zero-order valence-corrected chi connectivity index (χ0v) is 9.08. The van der Waals surface area contributed by atoms with E-state index in [0.717, 1.165) is 11.3 Å². The number of primary amides is 1. The van der Waals surface area contributed by atoms with Crippen molar-refractivity contribution in [1.82, 2.24) is 0 Å². The van der Waals surface area contributed by atoms with E-state index in [1.165, 1.54) is 5.56 Å². The molecule has 15 heavy (non-hydrogen) atoms. The molecule has 5 N–H and O–H groups in total. The summed E-state index contributed by atoms with van der Waals surface area (Å²) >= 11 is 0. The molecule has 1 unspecified atom stereocenters. The molecule has 1 amide bonds. The van der Waals surface area contributed by atoms with Gasteiger partial charge in [0.05, 0.1) is 0 Å². The van der Waals surface area contributed by atoms with Crippen LogP contribution in [0.3, 0.4) is 0 Å². The number of hydrogen-bond acceptors (Lipinski definition) is 3. The fraction of sp³-hybridized carbons (Fsp3) is 0.364. The van der Waals surface area contributed by atoms with E-state index in [0.29, 0.717) is 6.54 Å². The maximum absolute atomic E-state index is 10.7. The summed E-state index contributed by atoms with van der Waals surface area (Å²) in [6, 6.07) is 5.40. The van der Waals surface area contributed by atoms with Crippen molar-refractivity contribution in [3.8, 4) is 0 Å². The van der Waals surface area contributed by atoms with Gasteiger partial charge in [0.1, 0.15) is 6.04 Å². The average molecular weight is 207 g/mol. The van der Waals surface area contributed by atoms with Gasteiger partial charge in [-0.3, -0.25) is 4.79 Å². The molecule has 0 aliphatic heterocycles. The van der Waals surface area contributed by atoms with Crippen LogP contribution in [-0.2, 0) is 4.79 Å². The van der Waals surface area contributed by atoms with Gasteiger partial charge in [0.2, 0.25) is 5.91 Å². The van der Waals surface area contributed by atoms with Gasteiger partial charge >= 0.3 is 0 Å². The second-order valence-corrected chi connectivity index (χ2v) is 3.71. The van der Waals surface area contributed by atoms with E-state index in [4.69, 9.17) is 11.5 Å². The third-order valence-corrected chi connectivity index (χ3v) is 2.26. The zero-order chi connectivity index (χ0) is 11.4. The Kier molecular flexibility index (Phi) is 3.68. The van der Waals surface area contributed by atoms with Crippen molar-refractivity contribution < 1.29 is 4.79 Å². The second-order valence-electron chi connectivity index (χ2n) is 3.71. The van der Waals surface area contributed by atoms with E-state index >= 15 is 0 Å². The lowest BCUT2D eigenvalue weighted by molar-refractivity contribution is -0.118. The number of amides is 1. The number of rotatable bonds is 4. The van der Waals surface area contributed by atoms with Gasteiger partial charge in [0.15, 0.2) is 0 Å². The summed E-state index contributed by atoms with van der Waals surface area (Å²) < 4.78 is 0. The summed E-state index contributed by atoms with van der Waals surface area (Å²) in [5, 5.41) is 3.10. The number of carbonyl (C=O) groups excluding carboxylic acids is 1. The smallest absolute Gasteiger partial charge is 0.236 e. The predicted molar refractivity (Wildman–Crippen MR) is 61.6 cm³/mol. The van der Waals surface area contributed by atoms with Crippen LogP contribution in [0.4, 0.5) is 5.69 Å². The molecule has 1 aromatic carbocycles. The monoisotopic (exact) mass is 207 g/mol. The van der Waals surface area contributed by atoms with Gasteiger partial charge in [-0.2, -0.15) is 0 Å². The molecule has 0 aromatic heterocycles. The molecule has 4 nitrogen and oxygen atoms in total. The Morgan fingerprint density at radius 3 is 2.67 bits per heavy atom. The molecule has 0 heterocycles. The maximum atomic E-state index is 10.7. The Morgan fingerprint density at radius 2 is 2.13 bits per heavy atom. The van der Waals surface area contributed by atoms with E-state index in [2.05, 4.69) is 11.4 Å². The minimum atomic E-state index is -0.647. The largest absolute Gasteiger partial charge is 0.383 e. The van der Waals surface area contributed by atoms with Crippen LogP contribution in [0.5, 0.6) is 0 Å². The highest BCUT2D eigenvalue weighted by Gasteiger charge is 2.08. The Bertz CT molecular complexity index is 363. The van der Waals surface area contributed by atoms with Crippen LogP contribution in [-0.4, -0.2) is 18.5 Å². The highest BCUT2D eigenvalue weighted by Crippen LogP contribution is 2.15. The second kappa shape index (κ2) is 4.79. The molecule has 1 aromatic rings. The first-order valence-corrected chi connectivity index (χ1v) is 4.86. The summed E-state index contributed by atoms with van der Waals surface area (Å²) in [6.45, 7) is 4.40. The first-order chi connectivity index (χ1) is 7.00. The lowest BCUT2D eigenvalue weighted by Gasteiger charge is -2.12. The SMILES string of the molecule is Cc1ccc(NCC(N)C(N)=O)c(C)c1. The average Bonchev–Trinajstić information content (AvgIpc) is 2.15. The van der Waals surface area contributed by atoms with Crippen LogP contribution < -0.4 is 16.8 Å². The van der Waals surface area contributed by atoms with Gasteiger partial charge in [-0.25, -0.2) is 0 Å². The number of anilines is 1. The molecule has 0 saturated heterocycles. The highest BCUT2D eigenvalue weighted by atomic mass is 16.1. The molecule has 0 saturated carbocycles. The summed E-state index contributed by atoms with van der Waals surface area (Å²) in [5.74, 6) is -0.493. The number of aryl methyl sites for hydroxylation is 2. The topological polar surface area (TPSA) is 81.1 Å². The van der Waals surface area contributed by atoms with E-state index in [9.17, 15) is 4.79 Å². The fourth-order valence-corrected chi connectivity index (χ4v) is 1.33. The standard InChI is InChI=1S/C11H17N3O/c1-7-3-4-10(8(2)5-7)14-6-9(12)11(13)15/h3-5,9,14H,6,12H2,1-2H3,(H2,13,15). The molecule has 4 heteroatoms. The van der Waals surface area contributed by atoms with Crippen molar-refractivity contribution in [3.05, 3.63) is 29.3 Å². The molecule has 0 bridgehead atoms. The third-order valence-electron chi connectivity index (χ3n) is 2.26. The Balaban J connectivity index is 2.62. The van der Waals surface area contributed by atoms with E-state index in [-0.39, 0.29) is 0 Å². The number of carbonyl (C=O) groups is 1. The molecular formula is C11H17N3O. The van der Waals surface area contributed by atoms with Crippen LogP contribution in [0.15, 0.2) is 18.2 Å². The molecule has 0 radical (unpaired) electrons. The minimum Gasteiger partial charge on any atom is -0.383 e. The van der Waals surface area contributed by atoms with Crippen LogP contribution in [0.2, 0.25) is 0 Å². The Hall–Kier alpha value is -1.55. The fourth-order valence-electron chi connectivity index (χ4n) is 1.33. The molecule has 0 aliphatic carbocycles. The molecular weight excluding hydrogens is 190 g/mol. The number of nitrogens with one attached hydrogen (secondary N) is 1. The van der Waals surface area contributed by atoms with E-state index in [1.807, 2.05) is 26.0 Å². The molecule has 0 aliphatic rings. The third kappa shape index (κ3) is 3.25. The van der Waals surface area contributed by atoms with Gasteiger partial charge in [0, 0.05) is 12.2 Å². The van der Waals surface area contributed by atoms with Crippen LogP contribution >= 0.6 is 0 Å². The number of nitrogens with two attached hydrogens (primary N) is 2. The summed E-state index contributed by atoms with van der Waals surface area (Å²) in [4.78, 5) is 10.7. The van der Waals surface area contributed by atoms with Gasteiger partial charge in [-0.15, -0.1) is 0 Å². The number of benzene rings is 1. The minimum absolute atomic E-state index is 0.360. The van der Waals surface area contributed by atoms with Crippen molar-refractivity contribution in [1.29, 1.82) is 0 Å². The maximum Gasteiger partial charge on any atom is 0.236 e. The molecule has 0 fully saturated rings. The summed E-state index contributed by atoms with van der Waals surface area (Å²) in [6.07, 6.45) is 0. The Labute approximate surface area is 89.6 Å². The van der Waals surface area contributed by atoms with Crippen molar-refractivity contribution in [2.24, 2.45) is 11.5 Å². The highest BCUT2D eigenvalue weighted by molar-refractivity contribution is 5.80. The van der Waals surface area contributed by atoms with Crippen LogP contribution in [0, 0.1) is 13.8 Å². The predicted octanol–water partition coefficient (Wildman–Crippen LogP) is 0.528. The van der Waals surface area contributed by atoms with Gasteiger partial charge in [0.25, 0.3) is 0 Å². The molecule has 0 spiro atoms. The summed E-state index contributed by atoms with van der Waals surface area (Å²) in [5.41, 5.74) is 13.9. The summed E-state index contributed by atoms with van der Waals surface area (Å²) in [7, 11) is 0. The van der Waals surface area contributed by atoms with Crippen molar-refractivity contribution in [2.75, 3.05) is 11.9 Å². The van der Waals surface area contributed by atoms with Gasteiger partial charge in [-0.1, -0.05) is 17.7 Å². The van der Waals surface area contributed by atoms with E-state index in [1.54, 1.807) is 0 Å². The Morgan fingerprint density at radius 1 is 1.47 bits per heavy atom. The van der Waals surface area contributed by atoms with Crippen LogP contribution in [0.1, 0.15) is 11.1 Å². The lowest BCUT2D eigenvalue weighted by Crippen LogP contribution is -2.41. The lowest BCUT2D eigenvalue weighted by atomic mass is 10.1. The molecule has 82 valence electrons. The van der Waals surface area contributed by atoms with Crippen molar-refractivity contribution in [3.63, 3.8) is 0 Å². The first kappa shape index (κ1) is 11.5. The van der Waals surface area contributed by atoms with Crippen molar-refractivity contribution in [2.45, 2.75) is 19.9 Å². The van der Waals surface area contributed by atoms with Crippen LogP contribution in [0.25, 0.3) is 0 Å². The van der Waals surface area contributed by atoms with Crippen molar-refractivity contribution >= 4 is 11.6 Å². The molecule has 1 rings (SSSR count). The molecule has 1 atom stereocenters. The van der Waals surface area contributed by atoms with Gasteiger partial charge < -0.3 is 16.8 Å². The zero-order valence-electron chi connectivity index (χ0n) is 9.08. The quantitative estimate of drug-likeness (QED) is 0.673.